The van der Waals surface area contributed by atoms with E-state index in [9.17, 15) is 14.4 Å². The van der Waals surface area contributed by atoms with Crippen molar-refractivity contribution in [2.75, 3.05) is 23.5 Å². The molecule has 0 radical (unpaired) electrons. The second-order valence-corrected chi connectivity index (χ2v) is 10.3. The summed E-state index contributed by atoms with van der Waals surface area (Å²) in [5, 5.41) is 10.6. The summed E-state index contributed by atoms with van der Waals surface area (Å²) < 4.78 is 8.84. The largest absolute Gasteiger partial charge is 0.497 e. The molecule has 3 aromatic carbocycles. The predicted molar refractivity (Wildman–Crippen MR) is 169 cm³/mol. The number of anilines is 3. The summed E-state index contributed by atoms with van der Waals surface area (Å²) in [6.07, 6.45) is 4.17. The van der Waals surface area contributed by atoms with Crippen LogP contribution in [0.3, 0.4) is 0 Å². The van der Waals surface area contributed by atoms with Gasteiger partial charge in [0.1, 0.15) is 17.1 Å². The lowest BCUT2D eigenvalue weighted by Crippen LogP contribution is -2.25. The molecule has 10 nitrogen and oxygen atoms in total. The number of amides is 2. The van der Waals surface area contributed by atoms with Crippen LogP contribution in [-0.4, -0.2) is 33.3 Å². The van der Waals surface area contributed by atoms with Crippen molar-refractivity contribution in [1.82, 2.24) is 14.3 Å². The zero-order valence-corrected chi connectivity index (χ0v) is 24.2. The van der Waals surface area contributed by atoms with Crippen molar-refractivity contribution in [2.45, 2.75) is 32.2 Å². The molecule has 5 rings (SSSR count). The number of rotatable bonds is 11. The van der Waals surface area contributed by atoms with Gasteiger partial charge in [-0.3, -0.25) is 19.1 Å². The molecule has 10 heteroatoms. The van der Waals surface area contributed by atoms with Crippen molar-refractivity contribution >= 4 is 39.9 Å². The topological polar surface area (TPSA) is 133 Å². The van der Waals surface area contributed by atoms with E-state index in [2.05, 4.69) is 15.7 Å². The molecule has 0 aliphatic heterocycles. The number of hydrogen-bond acceptors (Lipinski definition) is 6. The fourth-order valence-electron chi connectivity index (χ4n) is 4.94. The number of methoxy groups -OCH3 is 1. The van der Waals surface area contributed by atoms with Gasteiger partial charge in [0, 0.05) is 37.8 Å². The Morgan fingerprint density at radius 3 is 2.47 bits per heavy atom. The summed E-state index contributed by atoms with van der Waals surface area (Å²) >= 11 is 0. The summed E-state index contributed by atoms with van der Waals surface area (Å²) in [6, 6.07) is 23.8. The predicted octanol–water partition coefficient (Wildman–Crippen LogP) is 5.44. The van der Waals surface area contributed by atoms with Gasteiger partial charge in [0.2, 0.25) is 11.3 Å². The van der Waals surface area contributed by atoms with Crippen LogP contribution in [0.2, 0.25) is 0 Å². The van der Waals surface area contributed by atoms with E-state index in [1.165, 1.54) is 7.11 Å². The lowest BCUT2D eigenvalue weighted by Gasteiger charge is -2.14. The normalized spacial score (nSPS) is 10.9. The SMILES string of the molecule is COc1ccc2c(c1)c(=O)c(C(=O)Nc1cc(-c3ccccc3)nn1C)cn2CCCCCC(=O)Nc1ccccc1N. The van der Waals surface area contributed by atoms with Crippen LogP contribution in [0, 0.1) is 0 Å². The summed E-state index contributed by atoms with van der Waals surface area (Å²) in [4.78, 5) is 39.3. The number of para-hydroxylation sites is 2. The first kappa shape index (κ1) is 29.1. The quantitative estimate of drug-likeness (QED) is 0.141. The molecule has 0 spiro atoms. The number of nitrogen functional groups attached to an aromatic ring is 1. The van der Waals surface area contributed by atoms with E-state index in [1.807, 2.05) is 53.1 Å². The summed E-state index contributed by atoms with van der Waals surface area (Å²) in [5.41, 5.74) is 9.00. The number of aromatic nitrogens is 3. The molecule has 0 saturated heterocycles. The number of nitrogens with zero attached hydrogens (tertiary/aromatic N) is 3. The van der Waals surface area contributed by atoms with Gasteiger partial charge in [-0.1, -0.05) is 48.9 Å². The highest BCUT2D eigenvalue weighted by atomic mass is 16.5. The third-order valence-electron chi connectivity index (χ3n) is 7.26. The number of carbonyl (C=O) groups is 2. The van der Waals surface area contributed by atoms with Gasteiger partial charge in [-0.05, 0) is 43.2 Å². The zero-order valence-electron chi connectivity index (χ0n) is 24.2. The molecule has 0 fully saturated rings. The summed E-state index contributed by atoms with van der Waals surface area (Å²) in [5.74, 6) is 0.375. The molecule has 2 amide bonds. The van der Waals surface area contributed by atoms with Crippen molar-refractivity contribution in [1.29, 1.82) is 0 Å². The van der Waals surface area contributed by atoms with E-state index >= 15 is 0 Å². The molecule has 0 atom stereocenters. The first-order valence-corrected chi connectivity index (χ1v) is 14.1. The number of nitrogens with two attached hydrogens (primary N) is 1. The van der Waals surface area contributed by atoms with E-state index in [-0.39, 0.29) is 16.9 Å². The molecule has 2 aromatic heterocycles. The van der Waals surface area contributed by atoms with Gasteiger partial charge in [-0.15, -0.1) is 0 Å². The fraction of sp³-hybridized carbons (Fsp3) is 0.212. The van der Waals surface area contributed by atoms with Crippen molar-refractivity contribution in [3.05, 3.63) is 101 Å². The van der Waals surface area contributed by atoms with E-state index in [4.69, 9.17) is 10.5 Å². The first-order chi connectivity index (χ1) is 20.8. The van der Waals surface area contributed by atoms with Crippen molar-refractivity contribution < 1.29 is 14.3 Å². The number of aryl methyl sites for hydroxylation is 2. The van der Waals surface area contributed by atoms with Gasteiger partial charge >= 0.3 is 0 Å². The summed E-state index contributed by atoms with van der Waals surface area (Å²) in [7, 11) is 3.27. The zero-order chi connectivity index (χ0) is 30.3. The number of nitrogens with one attached hydrogen (secondary N) is 2. The Bertz CT molecular complexity index is 1830. The maximum Gasteiger partial charge on any atom is 0.262 e. The molecule has 0 unspecified atom stereocenters. The van der Waals surface area contributed by atoms with Gasteiger partial charge in [0.25, 0.3) is 5.91 Å². The highest BCUT2D eigenvalue weighted by Crippen LogP contribution is 2.23. The van der Waals surface area contributed by atoms with E-state index in [0.29, 0.717) is 58.9 Å². The van der Waals surface area contributed by atoms with Crippen LogP contribution in [0.1, 0.15) is 36.0 Å². The average Bonchev–Trinajstić information content (AvgIpc) is 3.38. The summed E-state index contributed by atoms with van der Waals surface area (Å²) in [6.45, 7) is 0.556. The van der Waals surface area contributed by atoms with Crippen LogP contribution in [0.15, 0.2) is 89.9 Å². The van der Waals surface area contributed by atoms with Crippen LogP contribution in [0.4, 0.5) is 17.2 Å². The molecule has 0 aliphatic carbocycles. The number of carbonyl (C=O) groups excluding carboxylic acids is 2. The molecular weight excluding hydrogens is 544 g/mol. The highest BCUT2D eigenvalue weighted by Gasteiger charge is 2.18. The molecule has 220 valence electrons. The third kappa shape index (κ3) is 6.75. The second kappa shape index (κ2) is 13.1. The highest BCUT2D eigenvalue weighted by molar-refractivity contribution is 6.05. The number of fused-ring (bicyclic) bond motifs is 1. The molecular formula is C33H34N6O4. The van der Waals surface area contributed by atoms with Crippen LogP contribution in [0.5, 0.6) is 5.75 Å². The van der Waals surface area contributed by atoms with Crippen LogP contribution < -0.4 is 26.5 Å². The monoisotopic (exact) mass is 578 g/mol. The molecule has 0 saturated carbocycles. The van der Waals surface area contributed by atoms with Crippen molar-refractivity contribution in [3.63, 3.8) is 0 Å². The Balaban J connectivity index is 1.30. The minimum Gasteiger partial charge on any atom is -0.497 e. The number of unbranched alkanes of at least 4 members (excludes halogenated alkanes) is 2. The van der Waals surface area contributed by atoms with Crippen molar-refractivity contribution in [2.24, 2.45) is 7.05 Å². The minimum absolute atomic E-state index is 0.0167. The molecule has 5 aromatic rings. The average molecular weight is 579 g/mol. The van der Waals surface area contributed by atoms with Gasteiger partial charge in [0.15, 0.2) is 0 Å². The smallest absolute Gasteiger partial charge is 0.262 e. The second-order valence-electron chi connectivity index (χ2n) is 10.3. The van der Waals surface area contributed by atoms with Gasteiger partial charge < -0.3 is 25.7 Å². The van der Waals surface area contributed by atoms with E-state index in [0.717, 1.165) is 18.4 Å². The first-order valence-electron chi connectivity index (χ1n) is 14.1. The van der Waals surface area contributed by atoms with Crippen LogP contribution in [-0.2, 0) is 18.4 Å². The van der Waals surface area contributed by atoms with Gasteiger partial charge in [-0.25, -0.2) is 0 Å². The lowest BCUT2D eigenvalue weighted by molar-refractivity contribution is -0.116. The van der Waals surface area contributed by atoms with E-state index in [1.54, 1.807) is 48.3 Å². The van der Waals surface area contributed by atoms with Crippen molar-refractivity contribution in [3.8, 4) is 17.0 Å². The number of ether oxygens (including phenoxy) is 1. The molecule has 0 aliphatic rings. The standard InChI is InChI=1S/C33H34N6O4/c1-38-30(20-28(37-38)22-11-5-3-6-12-22)36-33(42)25-21-39(29-17-16-23(43-2)19-24(29)32(25)41)18-10-4-7-15-31(40)35-27-14-9-8-13-26(27)34/h3,5-6,8-9,11-14,16-17,19-21H,4,7,10,15,18,34H2,1-2H3,(H,35,40)(H,36,42). The maximum absolute atomic E-state index is 13.5. The Kier molecular flexibility index (Phi) is 8.85. The lowest BCUT2D eigenvalue weighted by atomic mass is 10.1. The minimum atomic E-state index is -0.525. The Morgan fingerprint density at radius 2 is 1.70 bits per heavy atom. The van der Waals surface area contributed by atoms with Gasteiger partial charge in [-0.2, -0.15) is 5.10 Å². The van der Waals surface area contributed by atoms with Gasteiger partial charge in [0.05, 0.1) is 35.1 Å². The Hall–Kier alpha value is -5.38. The Labute approximate surface area is 249 Å². The Morgan fingerprint density at radius 1 is 0.930 bits per heavy atom. The molecule has 0 bridgehead atoms. The maximum atomic E-state index is 13.5. The molecule has 4 N–H and O–H groups in total. The number of benzene rings is 3. The van der Waals surface area contributed by atoms with E-state index < -0.39 is 5.91 Å². The number of pyridine rings is 1. The van der Waals surface area contributed by atoms with Crippen LogP contribution in [0.25, 0.3) is 22.2 Å². The van der Waals surface area contributed by atoms with Crippen LogP contribution >= 0.6 is 0 Å². The third-order valence-corrected chi connectivity index (χ3v) is 7.26. The molecule has 43 heavy (non-hydrogen) atoms. The fourth-order valence-corrected chi connectivity index (χ4v) is 4.94. The number of hydrogen-bond donors (Lipinski definition) is 3. The molecule has 2 heterocycles.